The summed E-state index contributed by atoms with van der Waals surface area (Å²) in [6, 6.07) is 2.33. The van der Waals surface area contributed by atoms with Crippen molar-refractivity contribution in [2.24, 2.45) is 11.8 Å². The van der Waals surface area contributed by atoms with Gasteiger partial charge in [-0.05, 0) is 42.7 Å². The van der Waals surface area contributed by atoms with Gasteiger partial charge in [-0.3, -0.25) is 9.59 Å². The number of nitrogens with one attached hydrogen (secondary N) is 2. The minimum absolute atomic E-state index is 0.141. The highest BCUT2D eigenvalue weighted by Gasteiger charge is 2.30. The van der Waals surface area contributed by atoms with Gasteiger partial charge in [0.2, 0.25) is 11.8 Å². The molecular weight excluding hydrogens is 529 g/mol. The average Bonchev–Trinajstić information content (AvgIpc) is 2.85. The molecule has 2 rings (SSSR count). The van der Waals surface area contributed by atoms with Gasteiger partial charge in [-0.1, -0.05) is 43.1 Å². The molecule has 1 aliphatic rings. The van der Waals surface area contributed by atoms with Gasteiger partial charge in [0.25, 0.3) is 0 Å². The van der Waals surface area contributed by atoms with E-state index in [1.54, 1.807) is 17.0 Å². The number of aliphatic carboxylic acids is 1. The molecule has 198 valence electrons. The monoisotopic (exact) mass is 559 g/mol. The van der Waals surface area contributed by atoms with Gasteiger partial charge in [0, 0.05) is 30.0 Å². The van der Waals surface area contributed by atoms with Crippen molar-refractivity contribution in [1.29, 1.82) is 0 Å². The summed E-state index contributed by atoms with van der Waals surface area (Å²) in [5, 5.41) is 15.0. The predicted molar refractivity (Wildman–Crippen MR) is 140 cm³/mol. The van der Waals surface area contributed by atoms with E-state index in [-0.39, 0.29) is 25.0 Å². The van der Waals surface area contributed by atoms with E-state index >= 15 is 0 Å². The van der Waals surface area contributed by atoms with E-state index in [0.29, 0.717) is 41.5 Å². The Morgan fingerprint density at radius 3 is 2.44 bits per heavy atom. The van der Waals surface area contributed by atoms with E-state index in [1.165, 1.54) is 17.8 Å². The molecule has 0 bridgehead atoms. The minimum atomic E-state index is -1.29. The zero-order chi connectivity index (χ0) is 26.8. The summed E-state index contributed by atoms with van der Waals surface area (Å²) in [5.74, 6) is -2.23. The van der Waals surface area contributed by atoms with Crippen molar-refractivity contribution < 1.29 is 29.0 Å². The molecule has 1 heterocycles. The number of ether oxygens (including phenoxy) is 1. The number of hydrogen-bond donors (Lipinski definition) is 3. The summed E-state index contributed by atoms with van der Waals surface area (Å²) in [5.41, 5.74) is 0.628. The summed E-state index contributed by atoms with van der Waals surface area (Å²) in [6.45, 7) is 4.34. The Hall–Kier alpha value is -2.43. The predicted octanol–water partition coefficient (Wildman–Crippen LogP) is 3.92. The third kappa shape index (κ3) is 8.90. The fourth-order valence-electron chi connectivity index (χ4n) is 3.43. The van der Waals surface area contributed by atoms with Gasteiger partial charge in [-0.15, -0.1) is 11.8 Å². The molecule has 0 radical (unpaired) electrons. The first-order chi connectivity index (χ1) is 17.0. The Labute approximate surface area is 224 Å². The van der Waals surface area contributed by atoms with E-state index < -0.39 is 29.9 Å². The molecule has 0 aromatic heterocycles. The van der Waals surface area contributed by atoms with Gasteiger partial charge in [0.1, 0.15) is 6.04 Å². The lowest BCUT2D eigenvalue weighted by molar-refractivity contribution is -0.142. The van der Waals surface area contributed by atoms with Crippen molar-refractivity contribution >= 4 is 64.9 Å². The van der Waals surface area contributed by atoms with Crippen LogP contribution in [0, 0.1) is 11.8 Å². The van der Waals surface area contributed by atoms with Crippen LogP contribution in [0.4, 0.5) is 4.79 Å². The second-order valence-electron chi connectivity index (χ2n) is 8.69. The van der Waals surface area contributed by atoms with E-state index in [0.717, 1.165) is 4.90 Å². The van der Waals surface area contributed by atoms with Crippen LogP contribution in [0.5, 0.6) is 0 Å². The van der Waals surface area contributed by atoms with Crippen LogP contribution in [0.2, 0.25) is 10.0 Å². The van der Waals surface area contributed by atoms with Gasteiger partial charge in [-0.2, -0.15) is 0 Å². The number of benzene rings is 1. The molecule has 0 saturated carbocycles. The fourth-order valence-corrected chi connectivity index (χ4v) is 4.60. The number of rotatable bonds is 10. The lowest BCUT2D eigenvalue weighted by Gasteiger charge is -2.31. The first-order valence-corrected chi connectivity index (χ1v) is 13.4. The number of likely N-dealkylation sites (tertiary alicyclic amines) is 1. The molecule has 1 unspecified atom stereocenters. The lowest BCUT2D eigenvalue weighted by Crippen LogP contribution is -2.51. The van der Waals surface area contributed by atoms with Gasteiger partial charge in [-0.25, -0.2) is 9.59 Å². The number of carbonyl (C=O) groups is 4. The van der Waals surface area contributed by atoms with Crippen molar-refractivity contribution in [3.05, 3.63) is 33.8 Å². The zero-order valence-corrected chi connectivity index (χ0v) is 22.7. The summed E-state index contributed by atoms with van der Waals surface area (Å²) >= 11 is 14.0. The van der Waals surface area contributed by atoms with Crippen LogP contribution < -0.4 is 10.6 Å². The van der Waals surface area contributed by atoms with Crippen LogP contribution in [0.1, 0.15) is 32.3 Å². The topological polar surface area (TPSA) is 125 Å². The second kappa shape index (κ2) is 14.3. The van der Waals surface area contributed by atoms with Crippen LogP contribution in [-0.4, -0.2) is 72.4 Å². The maximum atomic E-state index is 12.6. The molecule has 3 amide bonds. The Morgan fingerprint density at radius 2 is 1.86 bits per heavy atom. The first kappa shape index (κ1) is 29.8. The largest absolute Gasteiger partial charge is 0.480 e. The van der Waals surface area contributed by atoms with Crippen LogP contribution in [0.3, 0.4) is 0 Å². The minimum Gasteiger partial charge on any atom is -0.480 e. The Bertz CT molecular complexity index is 996. The third-order valence-electron chi connectivity index (χ3n) is 5.49. The first-order valence-electron chi connectivity index (χ1n) is 11.5. The number of alkyl carbamates (subject to hydrolysis) is 1. The molecule has 1 aliphatic heterocycles. The standard InChI is InChI=1S/C24H31Cl2N3O6S/c1-14(2)13-35-24(34)27-12-17(23(32)33)28-22(31)16-8-10-29(11-9-16)19(30)7-5-15-4-6-18(36-3)21(26)20(15)25/h4-7,14,16-17H,8-13H2,1-3H3,(H,27,34)(H,28,31)(H,32,33). The molecule has 3 N–H and O–H groups in total. The number of nitrogens with zero attached hydrogens (tertiary/aromatic N) is 1. The van der Waals surface area contributed by atoms with Crippen molar-refractivity contribution in [1.82, 2.24) is 15.5 Å². The molecule has 1 saturated heterocycles. The summed E-state index contributed by atoms with van der Waals surface area (Å²) in [7, 11) is 0. The molecule has 0 spiro atoms. The van der Waals surface area contributed by atoms with Crippen LogP contribution >= 0.6 is 35.0 Å². The Kier molecular flexibility index (Phi) is 11.9. The molecule has 1 fully saturated rings. The van der Waals surface area contributed by atoms with E-state index in [2.05, 4.69) is 10.6 Å². The average molecular weight is 561 g/mol. The molecule has 1 aromatic carbocycles. The smallest absolute Gasteiger partial charge is 0.407 e. The molecule has 1 aromatic rings. The van der Waals surface area contributed by atoms with E-state index in [1.807, 2.05) is 26.2 Å². The van der Waals surface area contributed by atoms with Crippen LogP contribution in [0.15, 0.2) is 23.1 Å². The Balaban J connectivity index is 1.85. The van der Waals surface area contributed by atoms with Gasteiger partial charge < -0.3 is 25.4 Å². The van der Waals surface area contributed by atoms with Crippen molar-refractivity contribution in [2.75, 3.05) is 32.5 Å². The number of thioether (sulfide) groups is 1. The third-order valence-corrected chi connectivity index (χ3v) is 7.28. The van der Waals surface area contributed by atoms with Crippen molar-refractivity contribution in [3.63, 3.8) is 0 Å². The van der Waals surface area contributed by atoms with Crippen LogP contribution in [-0.2, 0) is 19.1 Å². The maximum Gasteiger partial charge on any atom is 0.407 e. The number of piperidine rings is 1. The van der Waals surface area contributed by atoms with Crippen molar-refractivity contribution in [2.45, 2.75) is 37.6 Å². The number of hydrogen-bond acceptors (Lipinski definition) is 6. The number of carboxylic acids is 1. The van der Waals surface area contributed by atoms with Gasteiger partial charge in [0.15, 0.2) is 0 Å². The van der Waals surface area contributed by atoms with Crippen LogP contribution in [0.25, 0.3) is 6.08 Å². The molecule has 36 heavy (non-hydrogen) atoms. The van der Waals surface area contributed by atoms with E-state index in [4.69, 9.17) is 27.9 Å². The zero-order valence-electron chi connectivity index (χ0n) is 20.4. The van der Waals surface area contributed by atoms with Gasteiger partial charge in [0.05, 0.1) is 23.2 Å². The summed E-state index contributed by atoms with van der Waals surface area (Å²) in [4.78, 5) is 50.9. The summed E-state index contributed by atoms with van der Waals surface area (Å²) < 4.78 is 4.95. The van der Waals surface area contributed by atoms with E-state index in [9.17, 15) is 24.3 Å². The lowest BCUT2D eigenvalue weighted by atomic mass is 9.95. The number of carboxylic acid groups (broad SMARTS) is 1. The highest BCUT2D eigenvalue weighted by atomic mass is 35.5. The molecule has 9 nitrogen and oxygen atoms in total. The number of amides is 3. The number of carbonyl (C=O) groups excluding carboxylic acids is 3. The highest BCUT2D eigenvalue weighted by molar-refractivity contribution is 7.98. The fraction of sp³-hybridized carbons (Fsp3) is 0.500. The van der Waals surface area contributed by atoms with Gasteiger partial charge >= 0.3 is 12.1 Å². The molecule has 1 atom stereocenters. The molecule has 0 aliphatic carbocycles. The Morgan fingerprint density at radius 1 is 1.19 bits per heavy atom. The van der Waals surface area contributed by atoms with Crippen molar-refractivity contribution in [3.8, 4) is 0 Å². The second-order valence-corrected chi connectivity index (χ2v) is 10.3. The quantitative estimate of drug-likeness (QED) is 0.293. The highest BCUT2D eigenvalue weighted by Crippen LogP contribution is 2.35. The number of halogens is 2. The SMILES string of the molecule is CSc1ccc(C=CC(=O)N2CCC(C(=O)NC(CNC(=O)OCC(C)C)C(=O)O)CC2)c(Cl)c1Cl. The molecular formula is C24H31Cl2N3O6S. The normalized spacial score (nSPS) is 15.1. The molecule has 12 heteroatoms. The maximum absolute atomic E-state index is 12.6. The summed E-state index contributed by atoms with van der Waals surface area (Å²) in [6.07, 6.45) is 4.95.